The van der Waals surface area contributed by atoms with Crippen LogP contribution in [-0.2, 0) is 11.8 Å². The number of amides is 1. The molecule has 3 heterocycles. The van der Waals surface area contributed by atoms with E-state index < -0.39 is 0 Å². The van der Waals surface area contributed by atoms with Crippen LogP contribution in [0.2, 0.25) is 0 Å². The minimum Gasteiger partial charge on any atom is -0.350 e. The molecule has 0 bridgehead atoms. The van der Waals surface area contributed by atoms with Gasteiger partial charge in [-0.3, -0.25) is 4.79 Å². The van der Waals surface area contributed by atoms with Crippen LogP contribution < -0.4 is 0 Å². The molecule has 2 fully saturated rings. The molecule has 1 aromatic carbocycles. The van der Waals surface area contributed by atoms with Crippen molar-refractivity contribution in [3.8, 4) is 0 Å². The number of carbonyl (C=O) groups is 1. The molecular weight excluding hydrogens is 310 g/mol. The highest BCUT2D eigenvalue weighted by Gasteiger charge is 2.30. The lowest BCUT2D eigenvalue weighted by Gasteiger charge is -2.41. The molecule has 0 atom stereocenters. The number of fused-ring (bicyclic) bond motifs is 1. The minimum atomic E-state index is 0.230. The van der Waals surface area contributed by atoms with Gasteiger partial charge in [-0.05, 0) is 56.3 Å². The molecule has 0 saturated carbocycles. The zero-order valence-corrected chi connectivity index (χ0v) is 15.4. The summed E-state index contributed by atoms with van der Waals surface area (Å²) in [6.45, 7) is 5.94. The molecule has 2 aliphatic rings. The quantitative estimate of drug-likeness (QED) is 0.839. The third-order valence-corrected chi connectivity index (χ3v) is 6.32. The maximum atomic E-state index is 11.5. The van der Waals surface area contributed by atoms with Gasteiger partial charge < -0.3 is 14.4 Å². The van der Waals surface area contributed by atoms with E-state index in [-0.39, 0.29) is 5.91 Å². The average molecular weight is 339 g/mol. The summed E-state index contributed by atoms with van der Waals surface area (Å²) in [5.74, 6) is 0.910. The van der Waals surface area contributed by atoms with Gasteiger partial charge in [0.15, 0.2) is 0 Å². The van der Waals surface area contributed by atoms with E-state index in [1.165, 1.54) is 42.4 Å². The number of benzene rings is 1. The van der Waals surface area contributed by atoms with E-state index in [2.05, 4.69) is 47.0 Å². The van der Waals surface area contributed by atoms with Gasteiger partial charge in [-0.25, -0.2) is 0 Å². The van der Waals surface area contributed by atoms with Crippen LogP contribution >= 0.6 is 0 Å². The molecule has 0 unspecified atom stereocenters. The third-order valence-electron chi connectivity index (χ3n) is 6.32. The first-order chi connectivity index (χ1) is 12.1. The van der Waals surface area contributed by atoms with Crippen molar-refractivity contribution in [2.24, 2.45) is 7.05 Å². The van der Waals surface area contributed by atoms with E-state index >= 15 is 0 Å². The largest absolute Gasteiger partial charge is 0.350 e. The van der Waals surface area contributed by atoms with Crippen LogP contribution in [0.25, 0.3) is 10.9 Å². The summed E-state index contributed by atoms with van der Waals surface area (Å²) in [5, 5.41) is 1.43. The smallest absolute Gasteiger partial charge is 0.219 e. The lowest BCUT2D eigenvalue weighted by atomic mass is 9.88. The highest BCUT2D eigenvalue weighted by atomic mass is 16.2. The number of carbonyl (C=O) groups excluding carboxylic acids is 1. The van der Waals surface area contributed by atoms with Gasteiger partial charge in [0.2, 0.25) is 5.91 Å². The Morgan fingerprint density at radius 2 is 1.68 bits per heavy atom. The fourth-order valence-electron chi connectivity index (χ4n) is 4.82. The molecule has 4 nitrogen and oxygen atoms in total. The molecule has 0 spiro atoms. The first-order valence-corrected chi connectivity index (χ1v) is 9.67. The van der Waals surface area contributed by atoms with Crippen LogP contribution in [0.5, 0.6) is 0 Å². The monoisotopic (exact) mass is 339 g/mol. The van der Waals surface area contributed by atoms with Gasteiger partial charge in [0.05, 0.1) is 0 Å². The Bertz CT molecular complexity index is 750. The van der Waals surface area contributed by atoms with Gasteiger partial charge in [0, 0.05) is 50.2 Å². The molecule has 0 radical (unpaired) electrons. The topological polar surface area (TPSA) is 28.5 Å². The SMILES string of the molecule is CC(=O)N1CCC(N2CCC(c3cn(C)c4ccccc34)CC2)CC1. The number of para-hydroxylation sites is 1. The lowest BCUT2D eigenvalue weighted by molar-refractivity contribution is -0.130. The number of hydrogen-bond donors (Lipinski definition) is 0. The zero-order chi connectivity index (χ0) is 17.4. The van der Waals surface area contributed by atoms with Crippen molar-refractivity contribution in [3.63, 3.8) is 0 Å². The Hall–Kier alpha value is -1.81. The Labute approximate surface area is 150 Å². The zero-order valence-electron chi connectivity index (χ0n) is 15.4. The second kappa shape index (κ2) is 6.83. The predicted octanol–water partition coefficient (Wildman–Crippen LogP) is 3.37. The van der Waals surface area contributed by atoms with Gasteiger partial charge in [-0.1, -0.05) is 18.2 Å². The van der Waals surface area contributed by atoms with Crippen molar-refractivity contribution in [2.75, 3.05) is 26.2 Å². The molecule has 0 N–H and O–H groups in total. The van der Waals surface area contributed by atoms with Crippen molar-refractivity contribution in [1.29, 1.82) is 0 Å². The number of aryl methyl sites for hydroxylation is 1. The second-order valence-electron chi connectivity index (χ2n) is 7.76. The summed E-state index contributed by atoms with van der Waals surface area (Å²) >= 11 is 0. The van der Waals surface area contributed by atoms with Crippen molar-refractivity contribution in [2.45, 2.75) is 44.6 Å². The maximum absolute atomic E-state index is 11.5. The van der Waals surface area contributed by atoms with E-state index in [9.17, 15) is 4.79 Å². The van der Waals surface area contributed by atoms with E-state index in [0.29, 0.717) is 12.0 Å². The number of piperidine rings is 2. The van der Waals surface area contributed by atoms with Crippen LogP contribution in [0, 0.1) is 0 Å². The summed E-state index contributed by atoms with van der Waals surface area (Å²) < 4.78 is 2.27. The molecule has 2 saturated heterocycles. The van der Waals surface area contributed by atoms with Gasteiger partial charge in [0.1, 0.15) is 0 Å². The van der Waals surface area contributed by atoms with Crippen LogP contribution in [0.4, 0.5) is 0 Å². The van der Waals surface area contributed by atoms with Crippen LogP contribution in [-0.4, -0.2) is 52.5 Å². The fourth-order valence-corrected chi connectivity index (χ4v) is 4.82. The Kier molecular flexibility index (Phi) is 4.55. The Balaban J connectivity index is 1.39. The van der Waals surface area contributed by atoms with Gasteiger partial charge >= 0.3 is 0 Å². The molecule has 25 heavy (non-hydrogen) atoms. The summed E-state index contributed by atoms with van der Waals surface area (Å²) in [6.07, 6.45) is 7.12. The summed E-state index contributed by atoms with van der Waals surface area (Å²) in [7, 11) is 2.16. The number of nitrogens with zero attached hydrogens (tertiary/aromatic N) is 3. The Morgan fingerprint density at radius 3 is 2.36 bits per heavy atom. The van der Waals surface area contributed by atoms with Gasteiger partial charge in [-0.2, -0.15) is 0 Å². The van der Waals surface area contributed by atoms with E-state index in [4.69, 9.17) is 0 Å². The maximum Gasteiger partial charge on any atom is 0.219 e. The first kappa shape index (κ1) is 16.6. The molecule has 2 aromatic rings. The summed E-state index contributed by atoms with van der Waals surface area (Å²) in [5.41, 5.74) is 2.88. The molecule has 134 valence electrons. The molecule has 2 aliphatic heterocycles. The Morgan fingerprint density at radius 1 is 1.00 bits per heavy atom. The van der Waals surface area contributed by atoms with Crippen LogP contribution in [0.3, 0.4) is 0 Å². The van der Waals surface area contributed by atoms with Gasteiger partial charge in [0.25, 0.3) is 0 Å². The summed E-state index contributed by atoms with van der Waals surface area (Å²) in [6, 6.07) is 9.45. The highest BCUT2D eigenvalue weighted by Crippen LogP contribution is 2.35. The lowest BCUT2D eigenvalue weighted by Crippen LogP contribution is -2.48. The van der Waals surface area contributed by atoms with E-state index in [0.717, 1.165) is 25.9 Å². The molecule has 4 heteroatoms. The molecule has 1 amide bonds. The fraction of sp³-hybridized carbons (Fsp3) is 0.571. The normalized spacial score (nSPS) is 21.1. The second-order valence-corrected chi connectivity index (χ2v) is 7.76. The first-order valence-electron chi connectivity index (χ1n) is 9.67. The van der Waals surface area contributed by atoms with E-state index in [1.807, 2.05) is 4.90 Å². The molecule has 1 aromatic heterocycles. The molecule has 4 rings (SSSR count). The standard InChI is InChI=1S/C21H29N3O/c1-16(25)23-13-9-18(10-14-23)24-11-7-17(8-12-24)20-15-22(2)21-6-4-3-5-19(20)21/h3-6,15,17-18H,7-14H2,1-2H3. The van der Waals surface area contributed by atoms with Gasteiger partial charge in [-0.15, -0.1) is 0 Å². The van der Waals surface area contributed by atoms with Crippen LogP contribution in [0.15, 0.2) is 30.5 Å². The number of likely N-dealkylation sites (tertiary alicyclic amines) is 2. The highest BCUT2D eigenvalue weighted by molar-refractivity contribution is 5.84. The van der Waals surface area contributed by atoms with E-state index in [1.54, 1.807) is 6.92 Å². The minimum absolute atomic E-state index is 0.230. The van der Waals surface area contributed by atoms with Crippen molar-refractivity contribution in [1.82, 2.24) is 14.4 Å². The number of rotatable bonds is 2. The van der Waals surface area contributed by atoms with Crippen molar-refractivity contribution < 1.29 is 4.79 Å². The molecular formula is C21H29N3O. The predicted molar refractivity (Wildman–Crippen MR) is 102 cm³/mol. The number of aromatic nitrogens is 1. The van der Waals surface area contributed by atoms with Crippen molar-refractivity contribution in [3.05, 3.63) is 36.0 Å². The molecule has 0 aliphatic carbocycles. The summed E-state index contributed by atoms with van der Waals surface area (Å²) in [4.78, 5) is 16.2. The number of hydrogen-bond acceptors (Lipinski definition) is 2. The third kappa shape index (κ3) is 3.20. The van der Waals surface area contributed by atoms with Crippen molar-refractivity contribution >= 4 is 16.8 Å². The average Bonchev–Trinajstić information content (AvgIpc) is 2.99. The van der Waals surface area contributed by atoms with Crippen LogP contribution in [0.1, 0.15) is 44.1 Å².